The van der Waals surface area contributed by atoms with Gasteiger partial charge < -0.3 is 9.47 Å². The standard InChI is InChI=1S/C28H39N5O/c1-2-3-4-5-23-10-12-26(13-11-23)28(34)32-16-14-31(15-17-32)21-27-19-30-22-33(27)20-25-8-6-24(18-29)7-9-25/h6-9,19,22-23,26H,2-5,10-17,20-21H2,1H3. The van der Waals surface area contributed by atoms with Crippen molar-refractivity contribution in [2.45, 2.75) is 71.4 Å². The van der Waals surface area contributed by atoms with Crippen molar-refractivity contribution in [2.75, 3.05) is 26.2 Å². The molecule has 6 heteroatoms. The van der Waals surface area contributed by atoms with Gasteiger partial charge in [0.15, 0.2) is 0 Å². The van der Waals surface area contributed by atoms with Crippen LogP contribution in [0.2, 0.25) is 0 Å². The maximum atomic E-state index is 13.1. The smallest absolute Gasteiger partial charge is 0.225 e. The van der Waals surface area contributed by atoms with Gasteiger partial charge in [0.1, 0.15) is 0 Å². The molecule has 1 aromatic heterocycles. The van der Waals surface area contributed by atoms with E-state index in [1.54, 1.807) is 0 Å². The van der Waals surface area contributed by atoms with Crippen LogP contribution in [0, 0.1) is 23.2 Å². The van der Waals surface area contributed by atoms with E-state index < -0.39 is 0 Å². The van der Waals surface area contributed by atoms with Crippen LogP contribution >= 0.6 is 0 Å². The highest BCUT2D eigenvalue weighted by Crippen LogP contribution is 2.33. The Morgan fingerprint density at radius 1 is 1.03 bits per heavy atom. The van der Waals surface area contributed by atoms with Gasteiger partial charge in [0.05, 0.1) is 23.7 Å². The largest absolute Gasteiger partial charge is 0.340 e. The van der Waals surface area contributed by atoms with Gasteiger partial charge in [0, 0.05) is 51.4 Å². The minimum absolute atomic E-state index is 0.253. The molecule has 1 aliphatic heterocycles. The summed E-state index contributed by atoms with van der Waals surface area (Å²) in [4.78, 5) is 22.0. The first kappa shape index (κ1) is 24.5. The van der Waals surface area contributed by atoms with E-state index in [4.69, 9.17) is 5.26 Å². The number of piperazine rings is 1. The van der Waals surface area contributed by atoms with Gasteiger partial charge >= 0.3 is 0 Å². The topological polar surface area (TPSA) is 65.2 Å². The van der Waals surface area contributed by atoms with Crippen molar-refractivity contribution in [3.63, 3.8) is 0 Å². The fraction of sp³-hybridized carbons (Fsp3) is 0.607. The van der Waals surface area contributed by atoms with Crippen LogP contribution in [0.1, 0.15) is 75.1 Å². The lowest BCUT2D eigenvalue weighted by Gasteiger charge is -2.38. The zero-order valence-corrected chi connectivity index (χ0v) is 20.7. The Morgan fingerprint density at radius 2 is 1.76 bits per heavy atom. The minimum Gasteiger partial charge on any atom is -0.340 e. The predicted molar refractivity (Wildman–Crippen MR) is 134 cm³/mol. The Balaban J connectivity index is 1.21. The van der Waals surface area contributed by atoms with E-state index in [1.807, 2.05) is 36.8 Å². The number of unbranched alkanes of at least 4 members (excludes halogenated alkanes) is 2. The van der Waals surface area contributed by atoms with Crippen molar-refractivity contribution >= 4 is 5.91 Å². The summed E-state index contributed by atoms with van der Waals surface area (Å²) in [6.45, 7) is 7.36. The summed E-state index contributed by atoms with van der Waals surface area (Å²) in [5.41, 5.74) is 3.03. The molecule has 1 saturated heterocycles. The molecule has 1 amide bonds. The quantitative estimate of drug-likeness (QED) is 0.502. The van der Waals surface area contributed by atoms with Gasteiger partial charge in [-0.2, -0.15) is 5.26 Å². The molecule has 6 nitrogen and oxygen atoms in total. The van der Waals surface area contributed by atoms with Crippen molar-refractivity contribution in [3.05, 3.63) is 53.6 Å². The minimum atomic E-state index is 0.253. The Kier molecular flexibility index (Phi) is 8.76. The second kappa shape index (κ2) is 12.2. The van der Waals surface area contributed by atoms with E-state index in [1.165, 1.54) is 44.2 Å². The number of carbonyl (C=O) groups excluding carboxylic acids is 1. The van der Waals surface area contributed by atoms with E-state index >= 15 is 0 Å². The molecule has 2 heterocycles. The average molecular weight is 462 g/mol. The monoisotopic (exact) mass is 461 g/mol. The van der Waals surface area contributed by atoms with Crippen molar-refractivity contribution in [2.24, 2.45) is 11.8 Å². The van der Waals surface area contributed by atoms with E-state index in [9.17, 15) is 4.79 Å². The molecule has 0 unspecified atom stereocenters. The number of carbonyl (C=O) groups is 1. The normalized spacial score (nSPS) is 21.4. The molecular formula is C28H39N5O. The number of amides is 1. The zero-order valence-electron chi connectivity index (χ0n) is 20.7. The molecule has 2 aliphatic rings. The van der Waals surface area contributed by atoms with Crippen LogP contribution in [0.3, 0.4) is 0 Å². The lowest BCUT2D eigenvalue weighted by molar-refractivity contribution is -0.138. The summed E-state index contributed by atoms with van der Waals surface area (Å²) in [6, 6.07) is 9.90. The van der Waals surface area contributed by atoms with Crippen LogP contribution < -0.4 is 0 Å². The van der Waals surface area contributed by atoms with Crippen molar-refractivity contribution < 1.29 is 4.79 Å². The van der Waals surface area contributed by atoms with Crippen molar-refractivity contribution in [3.8, 4) is 6.07 Å². The van der Waals surface area contributed by atoms with Gasteiger partial charge in [-0.3, -0.25) is 9.69 Å². The molecule has 0 spiro atoms. The molecule has 1 aliphatic carbocycles. The summed E-state index contributed by atoms with van der Waals surface area (Å²) in [5, 5.41) is 8.99. The van der Waals surface area contributed by atoms with E-state index in [0.717, 1.165) is 63.6 Å². The second-order valence-electron chi connectivity index (χ2n) is 10.1. The van der Waals surface area contributed by atoms with Gasteiger partial charge in [0.25, 0.3) is 0 Å². The van der Waals surface area contributed by atoms with E-state index in [0.29, 0.717) is 11.5 Å². The molecule has 0 radical (unpaired) electrons. The summed E-state index contributed by atoms with van der Waals surface area (Å²) in [6.07, 6.45) is 13.8. The van der Waals surface area contributed by atoms with Gasteiger partial charge in [0.2, 0.25) is 5.91 Å². The fourth-order valence-electron chi connectivity index (χ4n) is 5.50. The van der Waals surface area contributed by atoms with Gasteiger partial charge in [-0.15, -0.1) is 0 Å². The molecule has 2 fully saturated rings. The molecule has 182 valence electrons. The third-order valence-corrected chi connectivity index (χ3v) is 7.72. The van der Waals surface area contributed by atoms with Crippen molar-refractivity contribution in [1.29, 1.82) is 5.26 Å². The molecule has 1 aromatic carbocycles. The average Bonchev–Trinajstić information content (AvgIpc) is 3.31. The zero-order chi connectivity index (χ0) is 23.8. The maximum absolute atomic E-state index is 13.1. The predicted octanol–water partition coefficient (Wildman–Crippen LogP) is 4.83. The number of nitriles is 1. The molecule has 0 atom stereocenters. The van der Waals surface area contributed by atoms with Crippen LogP contribution in [-0.2, 0) is 17.9 Å². The summed E-state index contributed by atoms with van der Waals surface area (Å²) >= 11 is 0. The summed E-state index contributed by atoms with van der Waals surface area (Å²) in [5.74, 6) is 1.50. The van der Waals surface area contributed by atoms with Crippen LogP contribution in [0.15, 0.2) is 36.8 Å². The number of hydrogen-bond acceptors (Lipinski definition) is 4. The number of imidazole rings is 1. The van der Waals surface area contributed by atoms with Crippen LogP contribution in [0.4, 0.5) is 0 Å². The highest BCUT2D eigenvalue weighted by molar-refractivity contribution is 5.79. The Bertz CT molecular complexity index is 944. The molecular weight excluding hydrogens is 422 g/mol. The van der Waals surface area contributed by atoms with Gasteiger partial charge in [-0.1, -0.05) is 44.7 Å². The first-order valence-electron chi connectivity index (χ1n) is 13.2. The lowest BCUT2D eigenvalue weighted by atomic mass is 9.79. The van der Waals surface area contributed by atoms with Gasteiger partial charge in [-0.25, -0.2) is 4.98 Å². The third-order valence-electron chi connectivity index (χ3n) is 7.72. The first-order valence-corrected chi connectivity index (χ1v) is 13.2. The van der Waals surface area contributed by atoms with Crippen molar-refractivity contribution in [1.82, 2.24) is 19.4 Å². The van der Waals surface area contributed by atoms with E-state index in [-0.39, 0.29) is 5.92 Å². The molecule has 1 saturated carbocycles. The van der Waals surface area contributed by atoms with Crippen LogP contribution in [-0.4, -0.2) is 51.4 Å². The second-order valence-corrected chi connectivity index (χ2v) is 10.1. The summed E-state index contributed by atoms with van der Waals surface area (Å²) in [7, 11) is 0. The fourth-order valence-corrected chi connectivity index (χ4v) is 5.50. The van der Waals surface area contributed by atoms with Gasteiger partial charge in [-0.05, 0) is 49.3 Å². The SMILES string of the molecule is CCCCCC1CCC(C(=O)N2CCN(Cc3cncn3Cc3ccc(C#N)cc3)CC2)CC1. The van der Waals surface area contributed by atoms with Crippen LogP contribution in [0.25, 0.3) is 0 Å². The number of aromatic nitrogens is 2. The number of benzene rings is 1. The Labute approximate surface area is 204 Å². The number of rotatable bonds is 9. The molecule has 34 heavy (non-hydrogen) atoms. The van der Waals surface area contributed by atoms with Crippen LogP contribution in [0.5, 0.6) is 0 Å². The molecule has 0 N–H and O–H groups in total. The highest BCUT2D eigenvalue weighted by Gasteiger charge is 2.31. The highest BCUT2D eigenvalue weighted by atomic mass is 16.2. The number of hydrogen-bond donors (Lipinski definition) is 0. The first-order chi connectivity index (χ1) is 16.7. The lowest BCUT2D eigenvalue weighted by Crippen LogP contribution is -2.50. The Morgan fingerprint density at radius 3 is 2.44 bits per heavy atom. The maximum Gasteiger partial charge on any atom is 0.225 e. The third kappa shape index (κ3) is 6.48. The molecule has 4 rings (SSSR count). The number of nitrogens with zero attached hydrogens (tertiary/aromatic N) is 5. The Hall–Kier alpha value is -2.65. The van der Waals surface area contributed by atoms with E-state index in [2.05, 4.69) is 32.3 Å². The molecule has 0 bridgehead atoms. The molecule has 2 aromatic rings. The summed E-state index contributed by atoms with van der Waals surface area (Å²) < 4.78 is 2.18.